The zero-order chi connectivity index (χ0) is 24.1. The van der Waals surface area contributed by atoms with Crippen LogP contribution in [0.1, 0.15) is 46.5 Å². The van der Waals surface area contributed by atoms with Crippen molar-refractivity contribution in [2.75, 3.05) is 41.7 Å². The second kappa shape index (κ2) is 10.7. The lowest BCUT2D eigenvalue weighted by Crippen LogP contribution is -2.47. The molecule has 1 aliphatic carbocycles. The Morgan fingerprint density at radius 2 is 1.82 bits per heavy atom. The molecule has 0 amide bonds. The fourth-order valence-corrected chi connectivity index (χ4v) is 4.27. The molecule has 2 aromatic rings. The van der Waals surface area contributed by atoms with E-state index in [1.165, 1.54) is 25.7 Å². The minimum Gasteiger partial charge on any atom is -0.427 e. The summed E-state index contributed by atoms with van der Waals surface area (Å²) in [6.07, 6.45) is 7.76. The normalized spacial score (nSPS) is 17.5. The summed E-state index contributed by atoms with van der Waals surface area (Å²) in [5.41, 5.74) is 0.429. The molecule has 3 heterocycles. The zero-order valence-corrected chi connectivity index (χ0v) is 21.5. The van der Waals surface area contributed by atoms with E-state index in [-0.39, 0.29) is 0 Å². The highest BCUT2D eigenvalue weighted by Gasteiger charge is 2.24. The molecule has 11 heteroatoms. The van der Waals surface area contributed by atoms with Crippen molar-refractivity contribution in [1.82, 2.24) is 20.0 Å². The van der Waals surface area contributed by atoms with E-state index in [0.29, 0.717) is 44.0 Å². The Labute approximate surface area is 208 Å². The Morgan fingerprint density at radius 3 is 2.47 bits per heavy atom. The van der Waals surface area contributed by atoms with Gasteiger partial charge < -0.3 is 25.1 Å². The number of anilines is 4. The van der Waals surface area contributed by atoms with E-state index in [1.54, 1.807) is 11.3 Å². The quantitative estimate of drug-likeness (QED) is 0.506. The minimum atomic E-state index is -0.671. The lowest BCUT2D eigenvalue weighted by atomic mass is 10.2. The number of hydrogen-bond donors (Lipinski definition) is 2. The van der Waals surface area contributed by atoms with E-state index < -0.39 is 11.8 Å². The second-order valence-corrected chi connectivity index (χ2v) is 10.4. The number of piperazine rings is 1. The van der Waals surface area contributed by atoms with Crippen molar-refractivity contribution in [3.05, 3.63) is 29.0 Å². The predicted molar refractivity (Wildman–Crippen MR) is 134 cm³/mol. The van der Waals surface area contributed by atoms with Gasteiger partial charge in [0.15, 0.2) is 0 Å². The van der Waals surface area contributed by atoms with Crippen LogP contribution < -0.4 is 15.5 Å². The van der Waals surface area contributed by atoms with E-state index in [9.17, 15) is 4.79 Å². The first kappa shape index (κ1) is 24.5. The lowest BCUT2D eigenvalue weighted by molar-refractivity contribution is -0.144. The van der Waals surface area contributed by atoms with Crippen LogP contribution in [0.4, 0.5) is 28.1 Å². The van der Waals surface area contributed by atoms with Crippen LogP contribution in [0.2, 0.25) is 0 Å². The SMILES string of the molecule is CC(C)(C)OC(=O)ON1CCN(c2ccc(Nc3ncc(Br)c(NC4CCCC4)n3)nc2)CC1. The van der Waals surface area contributed by atoms with Crippen LogP contribution in [0, 0.1) is 0 Å². The Morgan fingerprint density at radius 1 is 1.09 bits per heavy atom. The minimum absolute atomic E-state index is 0.464. The molecule has 2 fully saturated rings. The molecule has 2 aromatic heterocycles. The topological polar surface area (TPSA) is 105 Å². The molecule has 2 N–H and O–H groups in total. The Kier molecular flexibility index (Phi) is 7.72. The summed E-state index contributed by atoms with van der Waals surface area (Å²) in [5.74, 6) is 1.97. The molecule has 184 valence electrons. The van der Waals surface area contributed by atoms with Crippen molar-refractivity contribution in [3.8, 4) is 0 Å². The van der Waals surface area contributed by atoms with Crippen LogP contribution in [0.25, 0.3) is 0 Å². The molecule has 0 atom stereocenters. The van der Waals surface area contributed by atoms with E-state index in [2.05, 4.69) is 46.4 Å². The maximum atomic E-state index is 11.9. The van der Waals surface area contributed by atoms with E-state index in [0.717, 1.165) is 16.0 Å². The standard InChI is InChI=1S/C23H32BrN7O3/c1-23(2,3)33-22(32)34-31-12-10-30(11-13-31)17-8-9-19(25-14-17)28-21-26-15-18(24)20(29-21)27-16-6-4-5-7-16/h8-9,14-16H,4-7,10-13H2,1-3H3,(H2,25,26,27,28,29). The monoisotopic (exact) mass is 533 g/mol. The number of rotatable bonds is 6. The van der Waals surface area contributed by atoms with Crippen LogP contribution in [0.15, 0.2) is 29.0 Å². The molecule has 4 rings (SSSR count). The third kappa shape index (κ3) is 6.92. The van der Waals surface area contributed by atoms with Gasteiger partial charge in [0.1, 0.15) is 17.2 Å². The molecule has 10 nitrogen and oxygen atoms in total. The van der Waals surface area contributed by atoms with Gasteiger partial charge in [-0.25, -0.2) is 14.8 Å². The highest BCUT2D eigenvalue weighted by molar-refractivity contribution is 9.10. The third-order valence-electron chi connectivity index (χ3n) is 5.62. The molecule has 0 spiro atoms. The van der Waals surface area contributed by atoms with Crippen molar-refractivity contribution >= 4 is 45.4 Å². The van der Waals surface area contributed by atoms with Crippen LogP contribution >= 0.6 is 15.9 Å². The van der Waals surface area contributed by atoms with Gasteiger partial charge >= 0.3 is 6.16 Å². The summed E-state index contributed by atoms with van der Waals surface area (Å²) in [7, 11) is 0. The molecule has 0 radical (unpaired) electrons. The lowest BCUT2D eigenvalue weighted by Gasteiger charge is -2.34. The Bertz CT molecular complexity index is 970. The Balaban J connectivity index is 1.29. The molecule has 2 aliphatic rings. The number of nitrogens with zero attached hydrogens (tertiary/aromatic N) is 5. The summed E-state index contributed by atoms with van der Waals surface area (Å²) >= 11 is 3.53. The molecular formula is C23H32BrN7O3. The van der Waals surface area contributed by atoms with E-state index in [1.807, 2.05) is 39.1 Å². The van der Waals surface area contributed by atoms with Crippen molar-refractivity contribution in [1.29, 1.82) is 0 Å². The van der Waals surface area contributed by atoms with Crippen molar-refractivity contribution in [2.24, 2.45) is 0 Å². The first-order valence-corrected chi connectivity index (χ1v) is 12.5. The first-order chi connectivity index (χ1) is 16.2. The smallest absolute Gasteiger partial charge is 0.427 e. The van der Waals surface area contributed by atoms with Crippen LogP contribution in [0.5, 0.6) is 0 Å². The van der Waals surface area contributed by atoms with Crippen molar-refractivity contribution in [3.63, 3.8) is 0 Å². The summed E-state index contributed by atoms with van der Waals surface area (Å²) < 4.78 is 6.06. The average molecular weight is 534 g/mol. The molecule has 34 heavy (non-hydrogen) atoms. The summed E-state index contributed by atoms with van der Waals surface area (Å²) in [6, 6.07) is 4.39. The van der Waals surface area contributed by atoms with E-state index in [4.69, 9.17) is 9.57 Å². The predicted octanol–water partition coefficient (Wildman–Crippen LogP) is 4.72. The van der Waals surface area contributed by atoms with Gasteiger partial charge in [-0.2, -0.15) is 4.98 Å². The van der Waals surface area contributed by atoms with Crippen LogP contribution in [0.3, 0.4) is 0 Å². The highest BCUT2D eigenvalue weighted by atomic mass is 79.9. The van der Waals surface area contributed by atoms with Gasteiger partial charge in [0, 0.05) is 25.3 Å². The van der Waals surface area contributed by atoms with Gasteiger partial charge in [0.05, 0.1) is 29.4 Å². The Hall–Kier alpha value is -2.66. The summed E-state index contributed by atoms with van der Waals surface area (Å²) in [4.78, 5) is 32.8. The zero-order valence-electron chi connectivity index (χ0n) is 19.9. The highest BCUT2D eigenvalue weighted by Crippen LogP contribution is 2.27. The van der Waals surface area contributed by atoms with Crippen molar-refractivity contribution < 1.29 is 14.4 Å². The van der Waals surface area contributed by atoms with E-state index >= 15 is 0 Å². The first-order valence-electron chi connectivity index (χ1n) is 11.7. The number of carbonyl (C=O) groups excluding carboxylic acids is 1. The van der Waals surface area contributed by atoms with Crippen LogP contribution in [-0.4, -0.2) is 64.0 Å². The van der Waals surface area contributed by atoms with Gasteiger partial charge in [-0.15, -0.1) is 5.06 Å². The molecule has 1 aliphatic heterocycles. The number of halogens is 1. The number of aromatic nitrogens is 3. The van der Waals surface area contributed by atoms with Gasteiger partial charge in [-0.3, -0.25) is 0 Å². The average Bonchev–Trinajstić information content (AvgIpc) is 3.29. The number of carbonyl (C=O) groups is 1. The van der Waals surface area contributed by atoms with Gasteiger partial charge in [-0.05, 0) is 61.7 Å². The number of ether oxygens (including phenoxy) is 1. The molecule has 0 bridgehead atoms. The maximum Gasteiger partial charge on any atom is 0.528 e. The van der Waals surface area contributed by atoms with Crippen molar-refractivity contribution in [2.45, 2.75) is 58.1 Å². The number of hydroxylamine groups is 2. The number of pyridine rings is 1. The van der Waals surface area contributed by atoms with Gasteiger partial charge in [0.2, 0.25) is 5.95 Å². The van der Waals surface area contributed by atoms with Gasteiger partial charge in [0.25, 0.3) is 0 Å². The fraction of sp³-hybridized carbons (Fsp3) is 0.565. The summed E-state index contributed by atoms with van der Waals surface area (Å²) in [6.45, 7) is 8.03. The fourth-order valence-electron chi connectivity index (χ4n) is 3.97. The number of hydrogen-bond acceptors (Lipinski definition) is 10. The molecule has 1 saturated heterocycles. The third-order valence-corrected chi connectivity index (χ3v) is 6.21. The largest absolute Gasteiger partial charge is 0.528 e. The second-order valence-electron chi connectivity index (χ2n) is 9.51. The summed E-state index contributed by atoms with van der Waals surface area (Å²) in [5, 5.41) is 8.32. The van der Waals surface area contributed by atoms with Gasteiger partial charge in [-0.1, -0.05) is 12.8 Å². The molecule has 0 unspecified atom stereocenters. The van der Waals surface area contributed by atoms with Crippen LogP contribution in [-0.2, 0) is 9.57 Å². The molecule has 1 saturated carbocycles. The number of nitrogens with one attached hydrogen (secondary N) is 2. The maximum absolute atomic E-state index is 11.9. The molecular weight excluding hydrogens is 502 g/mol. The molecule has 0 aromatic carbocycles.